The topological polar surface area (TPSA) is 96.0 Å². The number of hydrogen-bond donors (Lipinski definition) is 3. The summed E-state index contributed by atoms with van der Waals surface area (Å²) < 4.78 is 0. The van der Waals surface area contributed by atoms with Gasteiger partial charge in [0.2, 0.25) is 5.91 Å². The largest absolute Gasteiger partial charge is 0.368 e. The second-order valence-electron chi connectivity index (χ2n) is 4.82. The summed E-state index contributed by atoms with van der Waals surface area (Å²) in [5.74, 6) is 0.189. The molecule has 0 saturated carbocycles. The van der Waals surface area contributed by atoms with Crippen molar-refractivity contribution >= 4 is 17.6 Å². The lowest BCUT2D eigenvalue weighted by atomic mass is 10.2. The summed E-state index contributed by atoms with van der Waals surface area (Å²) in [5.41, 5.74) is 1.31. The number of anilines is 1. The smallest absolute Gasteiger partial charge is 0.271 e. The molecule has 3 N–H and O–H groups in total. The van der Waals surface area contributed by atoms with Crippen LogP contribution in [0.15, 0.2) is 42.5 Å². The van der Waals surface area contributed by atoms with Crippen molar-refractivity contribution < 1.29 is 9.59 Å². The molecule has 0 atom stereocenters. The van der Waals surface area contributed by atoms with E-state index in [1.807, 2.05) is 30.3 Å². The Morgan fingerprint density at radius 1 is 1.04 bits per heavy atom. The van der Waals surface area contributed by atoms with Gasteiger partial charge in [-0.2, -0.15) is 0 Å². The lowest BCUT2D eigenvalue weighted by molar-refractivity contribution is -0.121. The van der Waals surface area contributed by atoms with Crippen LogP contribution < -0.4 is 16.0 Å². The van der Waals surface area contributed by atoms with Crippen LogP contribution in [0.3, 0.4) is 0 Å². The lowest BCUT2D eigenvalue weighted by Crippen LogP contribution is -2.25. The van der Waals surface area contributed by atoms with Crippen molar-refractivity contribution in [2.45, 2.75) is 13.0 Å². The van der Waals surface area contributed by atoms with Gasteiger partial charge in [-0.1, -0.05) is 30.3 Å². The fourth-order valence-electron chi connectivity index (χ4n) is 1.86. The highest BCUT2D eigenvalue weighted by Gasteiger charge is 2.06. The minimum atomic E-state index is -0.288. The number of benzene rings is 1. The molecule has 2 aromatic rings. The summed E-state index contributed by atoms with van der Waals surface area (Å²) in [5, 5.41) is 16.0. The van der Waals surface area contributed by atoms with Gasteiger partial charge in [-0.15, -0.1) is 10.2 Å². The molecule has 0 bridgehead atoms. The standard InChI is InChI=1S/C16H19N5O2/c1-17-16(23)13-7-8-14(21-20-13)18-10-9-15(22)19-11-12-5-3-2-4-6-12/h2-8H,9-11H2,1H3,(H,17,23)(H,18,21)(H,19,22). The normalized spacial score (nSPS) is 9.96. The number of aromatic nitrogens is 2. The van der Waals surface area contributed by atoms with Gasteiger partial charge in [-0.25, -0.2) is 0 Å². The Balaban J connectivity index is 1.70. The van der Waals surface area contributed by atoms with Gasteiger partial charge in [0.1, 0.15) is 5.82 Å². The first-order valence-electron chi connectivity index (χ1n) is 7.29. The first kappa shape index (κ1) is 16.4. The van der Waals surface area contributed by atoms with Gasteiger partial charge < -0.3 is 16.0 Å². The van der Waals surface area contributed by atoms with Crippen molar-refractivity contribution in [1.29, 1.82) is 0 Å². The van der Waals surface area contributed by atoms with Crippen molar-refractivity contribution in [3.63, 3.8) is 0 Å². The van der Waals surface area contributed by atoms with E-state index in [1.165, 1.54) is 7.05 Å². The third-order valence-corrected chi connectivity index (χ3v) is 3.11. The van der Waals surface area contributed by atoms with Crippen LogP contribution in [-0.4, -0.2) is 35.6 Å². The van der Waals surface area contributed by atoms with Crippen LogP contribution in [0, 0.1) is 0 Å². The zero-order chi connectivity index (χ0) is 16.5. The van der Waals surface area contributed by atoms with Gasteiger partial charge >= 0.3 is 0 Å². The average molecular weight is 313 g/mol. The monoisotopic (exact) mass is 313 g/mol. The number of carbonyl (C=O) groups is 2. The number of amides is 2. The van der Waals surface area contributed by atoms with Crippen LogP contribution >= 0.6 is 0 Å². The highest BCUT2D eigenvalue weighted by atomic mass is 16.2. The molecule has 0 radical (unpaired) electrons. The summed E-state index contributed by atoms with van der Waals surface area (Å²) in [6.07, 6.45) is 0.325. The van der Waals surface area contributed by atoms with E-state index in [0.29, 0.717) is 25.3 Å². The number of rotatable bonds is 7. The maximum absolute atomic E-state index is 11.7. The first-order valence-corrected chi connectivity index (χ1v) is 7.29. The van der Waals surface area contributed by atoms with Gasteiger partial charge in [-0.3, -0.25) is 9.59 Å². The molecule has 0 saturated heterocycles. The Kier molecular flexibility index (Phi) is 6.05. The van der Waals surface area contributed by atoms with E-state index >= 15 is 0 Å². The third kappa shape index (κ3) is 5.39. The summed E-state index contributed by atoms with van der Waals surface area (Å²) in [6.45, 7) is 0.953. The predicted molar refractivity (Wildman–Crippen MR) is 86.8 cm³/mol. The molecule has 1 aromatic heterocycles. The van der Waals surface area contributed by atoms with Crippen molar-refractivity contribution in [3.05, 3.63) is 53.7 Å². The van der Waals surface area contributed by atoms with Gasteiger partial charge in [-0.05, 0) is 17.7 Å². The molecule has 7 heteroatoms. The van der Waals surface area contributed by atoms with Crippen molar-refractivity contribution in [3.8, 4) is 0 Å². The molecule has 2 amide bonds. The highest BCUT2D eigenvalue weighted by Crippen LogP contribution is 2.02. The molecule has 120 valence electrons. The molecule has 0 unspecified atom stereocenters. The van der Waals surface area contributed by atoms with E-state index in [2.05, 4.69) is 26.1 Å². The SMILES string of the molecule is CNC(=O)c1ccc(NCCC(=O)NCc2ccccc2)nn1. The molecule has 1 aromatic carbocycles. The Bertz CT molecular complexity index is 643. The third-order valence-electron chi connectivity index (χ3n) is 3.11. The van der Waals surface area contributed by atoms with Gasteiger partial charge in [0.25, 0.3) is 5.91 Å². The van der Waals surface area contributed by atoms with Crippen LogP contribution in [0.1, 0.15) is 22.5 Å². The van der Waals surface area contributed by atoms with E-state index in [4.69, 9.17) is 0 Å². The Hall–Kier alpha value is -2.96. The van der Waals surface area contributed by atoms with Gasteiger partial charge in [0, 0.05) is 26.6 Å². The van der Waals surface area contributed by atoms with E-state index in [0.717, 1.165) is 5.56 Å². The lowest BCUT2D eigenvalue weighted by Gasteiger charge is -2.07. The number of hydrogen-bond acceptors (Lipinski definition) is 5. The molecule has 0 aliphatic heterocycles. The summed E-state index contributed by atoms with van der Waals surface area (Å²) in [4.78, 5) is 23.1. The number of nitrogens with zero attached hydrogens (tertiary/aromatic N) is 2. The Labute approximate surface area is 134 Å². The van der Waals surface area contributed by atoms with Gasteiger partial charge in [0.15, 0.2) is 5.69 Å². The Morgan fingerprint density at radius 2 is 1.83 bits per heavy atom. The minimum Gasteiger partial charge on any atom is -0.368 e. The van der Waals surface area contributed by atoms with Crippen LogP contribution in [0.2, 0.25) is 0 Å². The average Bonchev–Trinajstić information content (AvgIpc) is 2.61. The maximum atomic E-state index is 11.7. The van der Waals surface area contributed by atoms with E-state index in [9.17, 15) is 9.59 Å². The molecule has 7 nitrogen and oxygen atoms in total. The van der Waals surface area contributed by atoms with Crippen molar-refractivity contribution in [2.75, 3.05) is 18.9 Å². The predicted octanol–water partition coefficient (Wildman–Crippen LogP) is 0.955. The van der Waals surface area contributed by atoms with E-state index in [1.54, 1.807) is 12.1 Å². The molecule has 0 spiro atoms. The molecule has 23 heavy (non-hydrogen) atoms. The molecular weight excluding hydrogens is 294 g/mol. The molecule has 1 heterocycles. The summed E-state index contributed by atoms with van der Waals surface area (Å²) in [6, 6.07) is 13.0. The maximum Gasteiger partial charge on any atom is 0.271 e. The second-order valence-corrected chi connectivity index (χ2v) is 4.82. The van der Waals surface area contributed by atoms with Crippen LogP contribution in [0.4, 0.5) is 5.82 Å². The fourth-order valence-corrected chi connectivity index (χ4v) is 1.86. The van der Waals surface area contributed by atoms with Crippen LogP contribution in [-0.2, 0) is 11.3 Å². The molecule has 0 aliphatic rings. The zero-order valence-electron chi connectivity index (χ0n) is 12.9. The first-order chi connectivity index (χ1) is 11.2. The quantitative estimate of drug-likeness (QED) is 0.707. The van der Waals surface area contributed by atoms with Crippen molar-refractivity contribution in [1.82, 2.24) is 20.8 Å². The van der Waals surface area contributed by atoms with Gasteiger partial charge in [0.05, 0.1) is 0 Å². The Morgan fingerprint density at radius 3 is 2.48 bits per heavy atom. The summed E-state index contributed by atoms with van der Waals surface area (Å²) in [7, 11) is 1.53. The number of carbonyl (C=O) groups excluding carboxylic acids is 2. The van der Waals surface area contributed by atoms with E-state index < -0.39 is 0 Å². The second kappa shape index (κ2) is 8.47. The van der Waals surface area contributed by atoms with Crippen LogP contribution in [0.5, 0.6) is 0 Å². The van der Waals surface area contributed by atoms with Crippen LogP contribution in [0.25, 0.3) is 0 Å². The molecule has 0 fully saturated rings. The number of nitrogens with one attached hydrogen (secondary N) is 3. The summed E-state index contributed by atoms with van der Waals surface area (Å²) >= 11 is 0. The fraction of sp³-hybridized carbons (Fsp3) is 0.250. The molecular formula is C16H19N5O2. The minimum absolute atomic E-state index is 0.0451. The highest BCUT2D eigenvalue weighted by molar-refractivity contribution is 5.91. The molecule has 0 aliphatic carbocycles. The molecule has 2 rings (SSSR count). The zero-order valence-corrected chi connectivity index (χ0v) is 12.9. The van der Waals surface area contributed by atoms with E-state index in [-0.39, 0.29) is 17.5 Å². The van der Waals surface area contributed by atoms with Crippen molar-refractivity contribution in [2.24, 2.45) is 0 Å².